The molecule has 6 nitrogen and oxygen atoms in total. The maximum atomic E-state index is 12.2. The van der Waals surface area contributed by atoms with Crippen molar-refractivity contribution in [2.24, 2.45) is 7.05 Å². The number of nitrogens with zero attached hydrogens (tertiary/aromatic N) is 4. The van der Waals surface area contributed by atoms with Gasteiger partial charge in [0.2, 0.25) is 5.91 Å². The van der Waals surface area contributed by atoms with Crippen molar-refractivity contribution in [3.63, 3.8) is 0 Å². The van der Waals surface area contributed by atoms with E-state index in [-0.39, 0.29) is 17.7 Å². The van der Waals surface area contributed by atoms with Gasteiger partial charge in [-0.1, -0.05) is 0 Å². The lowest BCUT2D eigenvalue weighted by molar-refractivity contribution is -0.136. The fourth-order valence-corrected chi connectivity index (χ4v) is 4.31. The minimum atomic E-state index is -0.332. The summed E-state index contributed by atoms with van der Waals surface area (Å²) in [6.45, 7) is 7.46. The highest BCUT2D eigenvalue weighted by Crippen LogP contribution is 2.46. The Balaban J connectivity index is 1.62. The molecule has 6 heteroatoms. The van der Waals surface area contributed by atoms with E-state index in [1.165, 1.54) is 11.3 Å². The van der Waals surface area contributed by atoms with Crippen molar-refractivity contribution in [3.8, 4) is 0 Å². The predicted molar refractivity (Wildman–Crippen MR) is 76.5 cm³/mol. The molecule has 0 saturated carbocycles. The minimum Gasteiger partial charge on any atom is -0.352 e. The van der Waals surface area contributed by atoms with E-state index >= 15 is 0 Å². The minimum absolute atomic E-state index is 0.200. The van der Waals surface area contributed by atoms with E-state index in [0.717, 1.165) is 31.7 Å². The first-order valence-electron chi connectivity index (χ1n) is 7.70. The second-order valence-corrected chi connectivity index (χ2v) is 6.45. The second-order valence-electron chi connectivity index (χ2n) is 6.45. The SMILES string of the molecule is Cc1nn(C)c(C)c1CN1CC[C@@]23OCCN2C(=O)C[C@@H]13. The molecular formula is C15H22N4O2. The largest absolute Gasteiger partial charge is 0.352 e. The molecule has 3 fully saturated rings. The van der Waals surface area contributed by atoms with E-state index in [4.69, 9.17) is 4.74 Å². The zero-order valence-corrected chi connectivity index (χ0v) is 12.9. The second kappa shape index (κ2) is 4.30. The van der Waals surface area contributed by atoms with Gasteiger partial charge in [-0.15, -0.1) is 0 Å². The number of amides is 1. The zero-order chi connectivity index (χ0) is 14.8. The third-order valence-electron chi connectivity index (χ3n) is 5.53. The molecule has 1 spiro atoms. The summed E-state index contributed by atoms with van der Waals surface area (Å²) < 4.78 is 7.97. The van der Waals surface area contributed by atoms with Gasteiger partial charge in [0.1, 0.15) is 0 Å². The Labute approximate surface area is 124 Å². The van der Waals surface area contributed by atoms with Crippen LogP contribution in [0.15, 0.2) is 0 Å². The maximum absolute atomic E-state index is 12.2. The molecule has 3 aliphatic heterocycles. The van der Waals surface area contributed by atoms with Crippen molar-refractivity contribution in [2.75, 3.05) is 19.7 Å². The molecule has 114 valence electrons. The summed E-state index contributed by atoms with van der Waals surface area (Å²) in [5.74, 6) is 0.252. The molecule has 0 unspecified atom stereocenters. The Hall–Kier alpha value is -1.40. The molecule has 21 heavy (non-hydrogen) atoms. The molecule has 1 aromatic heterocycles. The number of hydrogen-bond donors (Lipinski definition) is 0. The Bertz CT molecular complexity index is 611. The molecule has 0 bridgehead atoms. The van der Waals surface area contributed by atoms with E-state index in [1.807, 2.05) is 16.6 Å². The number of aromatic nitrogens is 2. The summed E-state index contributed by atoms with van der Waals surface area (Å²) in [5.41, 5.74) is 3.26. The molecule has 0 aliphatic carbocycles. The lowest BCUT2D eigenvalue weighted by Crippen LogP contribution is -2.47. The Morgan fingerprint density at radius 3 is 2.90 bits per heavy atom. The molecule has 4 rings (SSSR count). The van der Waals surface area contributed by atoms with Crippen molar-refractivity contribution in [1.29, 1.82) is 0 Å². The first-order valence-corrected chi connectivity index (χ1v) is 7.70. The number of hydrogen-bond acceptors (Lipinski definition) is 4. The summed E-state index contributed by atoms with van der Waals surface area (Å²) >= 11 is 0. The van der Waals surface area contributed by atoms with E-state index in [0.29, 0.717) is 13.0 Å². The van der Waals surface area contributed by atoms with Crippen molar-refractivity contribution in [3.05, 3.63) is 17.0 Å². The van der Waals surface area contributed by atoms with Crippen LogP contribution in [0.25, 0.3) is 0 Å². The number of carbonyl (C=O) groups is 1. The van der Waals surface area contributed by atoms with E-state index in [1.54, 1.807) is 0 Å². The van der Waals surface area contributed by atoms with Crippen LogP contribution < -0.4 is 0 Å². The van der Waals surface area contributed by atoms with E-state index < -0.39 is 0 Å². The Morgan fingerprint density at radius 2 is 2.19 bits per heavy atom. The molecule has 3 aliphatic rings. The van der Waals surface area contributed by atoms with Crippen LogP contribution in [0.3, 0.4) is 0 Å². The van der Waals surface area contributed by atoms with Gasteiger partial charge in [0.15, 0.2) is 5.72 Å². The molecule has 2 atom stereocenters. The molecule has 4 heterocycles. The van der Waals surface area contributed by atoms with Crippen LogP contribution >= 0.6 is 0 Å². The van der Waals surface area contributed by atoms with Gasteiger partial charge in [-0.05, 0) is 13.8 Å². The first-order chi connectivity index (χ1) is 10.0. The third kappa shape index (κ3) is 1.66. The Kier molecular flexibility index (Phi) is 2.72. The molecule has 0 aromatic carbocycles. The molecule has 1 amide bonds. The Morgan fingerprint density at radius 1 is 1.38 bits per heavy atom. The van der Waals surface area contributed by atoms with Crippen molar-refractivity contribution in [2.45, 2.75) is 45.0 Å². The van der Waals surface area contributed by atoms with Crippen molar-refractivity contribution < 1.29 is 9.53 Å². The summed E-state index contributed by atoms with van der Waals surface area (Å²) in [6, 6.07) is 0.200. The fourth-order valence-electron chi connectivity index (χ4n) is 4.31. The van der Waals surface area contributed by atoms with Crippen LogP contribution in [0.1, 0.15) is 29.8 Å². The molecular weight excluding hydrogens is 268 g/mol. The third-order valence-corrected chi connectivity index (χ3v) is 5.53. The van der Waals surface area contributed by atoms with E-state index in [9.17, 15) is 4.79 Å². The summed E-state index contributed by atoms with van der Waals surface area (Å²) in [5, 5.41) is 4.50. The van der Waals surface area contributed by atoms with Crippen LogP contribution in [0.2, 0.25) is 0 Å². The van der Waals surface area contributed by atoms with Crippen LogP contribution in [-0.2, 0) is 23.1 Å². The molecule has 0 radical (unpaired) electrons. The normalized spacial score (nSPS) is 32.0. The van der Waals surface area contributed by atoms with Crippen LogP contribution in [0.4, 0.5) is 0 Å². The van der Waals surface area contributed by atoms with Gasteiger partial charge in [-0.25, -0.2) is 0 Å². The van der Waals surface area contributed by atoms with Crippen LogP contribution in [0, 0.1) is 13.8 Å². The van der Waals surface area contributed by atoms with Gasteiger partial charge >= 0.3 is 0 Å². The lowest BCUT2D eigenvalue weighted by atomic mass is 10.1. The highest BCUT2D eigenvalue weighted by atomic mass is 16.5. The predicted octanol–water partition coefficient (Wildman–Crippen LogP) is 0.570. The summed E-state index contributed by atoms with van der Waals surface area (Å²) in [6.07, 6.45) is 1.53. The van der Waals surface area contributed by atoms with Crippen molar-refractivity contribution in [1.82, 2.24) is 19.6 Å². The first kappa shape index (κ1) is 13.3. The van der Waals surface area contributed by atoms with Gasteiger partial charge in [-0.3, -0.25) is 14.4 Å². The number of carbonyl (C=O) groups excluding carboxylic acids is 1. The maximum Gasteiger partial charge on any atom is 0.226 e. The van der Waals surface area contributed by atoms with Gasteiger partial charge in [0.05, 0.1) is 18.3 Å². The average Bonchev–Trinajstić information content (AvgIpc) is 3.12. The number of rotatable bonds is 2. The highest BCUT2D eigenvalue weighted by Gasteiger charge is 2.61. The highest BCUT2D eigenvalue weighted by molar-refractivity contribution is 5.81. The molecule has 0 N–H and O–H groups in total. The number of aryl methyl sites for hydroxylation is 2. The quantitative estimate of drug-likeness (QED) is 0.799. The monoisotopic (exact) mass is 290 g/mol. The van der Waals surface area contributed by atoms with Crippen molar-refractivity contribution >= 4 is 5.91 Å². The van der Waals surface area contributed by atoms with Crippen LogP contribution in [0.5, 0.6) is 0 Å². The van der Waals surface area contributed by atoms with E-state index in [2.05, 4.69) is 23.8 Å². The fraction of sp³-hybridized carbons (Fsp3) is 0.733. The van der Waals surface area contributed by atoms with Crippen LogP contribution in [-0.4, -0.2) is 57.0 Å². The van der Waals surface area contributed by atoms with Gasteiger partial charge in [-0.2, -0.15) is 5.10 Å². The summed E-state index contributed by atoms with van der Waals surface area (Å²) in [4.78, 5) is 16.6. The lowest BCUT2D eigenvalue weighted by Gasteiger charge is -2.31. The zero-order valence-electron chi connectivity index (χ0n) is 12.9. The topological polar surface area (TPSA) is 50.6 Å². The molecule has 3 saturated heterocycles. The van der Waals surface area contributed by atoms with Gasteiger partial charge < -0.3 is 9.64 Å². The molecule has 1 aromatic rings. The smallest absolute Gasteiger partial charge is 0.226 e. The summed E-state index contributed by atoms with van der Waals surface area (Å²) in [7, 11) is 1.98. The van der Waals surface area contributed by atoms with Gasteiger partial charge in [0, 0.05) is 50.8 Å². The van der Waals surface area contributed by atoms with Gasteiger partial charge in [0.25, 0.3) is 0 Å². The standard InChI is InChI=1S/C15H22N4O2/c1-10-12(11(2)17(3)16-10)9-18-5-4-15-13(18)8-14(20)19(15)6-7-21-15/h13H,4-9H2,1-3H3/t13-,15+/m1/s1. The number of ether oxygens (including phenoxy) is 1. The number of likely N-dealkylation sites (tertiary alicyclic amines) is 1. The average molecular weight is 290 g/mol.